The number of hydrogen-bond donors (Lipinski definition) is 2. The van der Waals surface area contributed by atoms with E-state index in [4.69, 9.17) is 26.4 Å². The highest BCUT2D eigenvalue weighted by Gasteiger charge is 2.14. The van der Waals surface area contributed by atoms with E-state index in [1.54, 1.807) is 12.1 Å². The number of hydrogen-bond acceptors (Lipinski definition) is 4. The Labute approximate surface area is 151 Å². The molecule has 7 heteroatoms. The predicted octanol–water partition coefficient (Wildman–Crippen LogP) is 3.29. The predicted molar refractivity (Wildman–Crippen MR) is 96.5 cm³/mol. The lowest BCUT2D eigenvalue weighted by atomic mass is 10.1. The lowest BCUT2D eigenvalue weighted by Crippen LogP contribution is -2.36. The van der Waals surface area contributed by atoms with Gasteiger partial charge >= 0.3 is 0 Å². The van der Waals surface area contributed by atoms with Crippen LogP contribution in [-0.2, 0) is 6.54 Å². The van der Waals surface area contributed by atoms with E-state index in [1.165, 1.54) is 13.2 Å². The molecule has 0 fully saturated rings. The molecule has 2 aromatic rings. The summed E-state index contributed by atoms with van der Waals surface area (Å²) in [6.45, 7) is 2.71. The van der Waals surface area contributed by atoms with Gasteiger partial charge in [-0.1, -0.05) is 12.1 Å². The van der Waals surface area contributed by atoms with Crippen molar-refractivity contribution in [3.63, 3.8) is 0 Å². The summed E-state index contributed by atoms with van der Waals surface area (Å²) in [6.07, 6.45) is 0. The number of methoxy groups -OCH3 is 1. The zero-order chi connectivity index (χ0) is 17.8. The van der Waals surface area contributed by atoms with Crippen molar-refractivity contribution in [2.75, 3.05) is 13.9 Å². The molecule has 0 saturated heterocycles. The molecule has 1 aliphatic rings. The molecule has 5 nitrogen and oxygen atoms in total. The van der Waals surface area contributed by atoms with Gasteiger partial charge in [-0.3, -0.25) is 0 Å². The smallest absolute Gasteiger partial charge is 0.231 e. The highest BCUT2D eigenvalue weighted by atomic mass is 32.1. The molecule has 3 rings (SSSR count). The van der Waals surface area contributed by atoms with Gasteiger partial charge in [-0.25, -0.2) is 4.39 Å². The topological polar surface area (TPSA) is 51.8 Å². The number of nitrogens with one attached hydrogen (secondary N) is 2. The first-order valence-electron chi connectivity index (χ1n) is 7.83. The third-order valence-electron chi connectivity index (χ3n) is 3.91. The van der Waals surface area contributed by atoms with Crippen LogP contribution in [0, 0.1) is 5.82 Å². The lowest BCUT2D eigenvalue weighted by molar-refractivity contribution is 0.174. The molecule has 0 unspecified atom stereocenters. The van der Waals surface area contributed by atoms with E-state index in [0.717, 1.165) is 22.6 Å². The molecule has 25 heavy (non-hydrogen) atoms. The van der Waals surface area contributed by atoms with E-state index >= 15 is 0 Å². The van der Waals surface area contributed by atoms with Crippen molar-refractivity contribution in [2.24, 2.45) is 0 Å². The number of thiocarbonyl (C=S) groups is 1. The van der Waals surface area contributed by atoms with Gasteiger partial charge in [0, 0.05) is 6.54 Å². The van der Waals surface area contributed by atoms with Crippen LogP contribution in [0.2, 0.25) is 0 Å². The molecule has 0 saturated carbocycles. The normalized spacial score (nSPS) is 13.2. The summed E-state index contributed by atoms with van der Waals surface area (Å²) < 4.78 is 29.4. The van der Waals surface area contributed by atoms with E-state index in [9.17, 15) is 4.39 Å². The average molecular weight is 362 g/mol. The second-order valence-electron chi connectivity index (χ2n) is 5.63. The zero-order valence-electron chi connectivity index (χ0n) is 14.0. The van der Waals surface area contributed by atoms with Crippen molar-refractivity contribution in [1.82, 2.24) is 10.6 Å². The molecular formula is C18H19FN2O3S. The van der Waals surface area contributed by atoms with Gasteiger partial charge in [-0.2, -0.15) is 0 Å². The van der Waals surface area contributed by atoms with Gasteiger partial charge in [0.15, 0.2) is 28.2 Å². The highest BCUT2D eigenvalue weighted by Crippen LogP contribution is 2.32. The first-order chi connectivity index (χ1) is 12.1. The SMILES string of the molecule is COc1ccc([C@@H](C)NC(=S)NCc2ccc3c(c2)OCO3)cc1F. The summed E-state index contributed by atoms with van der Waals surface area (Å²) in [5, 5.41) is 6.76. The van der Waals surface area contributed by atoms with E-state index in [0.29, 0.717) is 11.7 Å². The molecule has 2 aromatic carbocycles. The third kappa shape index (κ3) is 4.11. The van der Waals surface area contributed by atoms with Crippen molar-refractivity contribution >= 4 is 17.3 Å². The molecule has 0 spiro atoms. The minimum Gasteiger partial charge on any atom is -0.494 e. The number of halogens is 1. The van der Waals surface area contributed by atoms with Crippen LogP contribution >= 0.6 is 12.2 Å². The summed E-state index contributed by atoms with van der Waals surface area (Å²) in [7, 11) is 1.44. The van der Waals surface area contributed by atoms with Gasteiger partial charge in [-0.15, -0.1) is 0 Å². The van der Waals surface area contributed by atoms with Crippen LogP contribution in [0.5, 0.6) is 17.2 Å². The van der Waals surface area contributed by atoms with Crippen LogP contribution in [0.25, 0.3) is 0 Å². The molecule has 132 valence electrons. The van der Waals surface area contributed by atoms with Gasteiger partial charge in [0.05, 0.1) is 13.2 Å². The van der Waals surface area contributed by atoms with Gasteiger partial charge in [-0.05, 0) is 54.5 Å². The van der Waals surface area contributed by atoms with Crippen LogP contribution in [0.4, 0.5) is 4.39 Å². The summed E-state index contributed by atoms with van der Waals surface area (Å²) in [5.74, 6) is 1.31. The highest BCUT2D eigenvalue weighted by molar-refractivity contribution is 7.80. The molecule has 0 aromatic heterocycles. The van der Waals surface area contributed by atoms with Gasteiger partial charge in [0.2, 0.25) is 6.79 Å². The first-order valence-corrected chi connectivity index (χ1v) is 8.24. The molecule has 0 amide bonds. The zero-order valence-corrected chi connectivity index (χ0v) is 14.8. The Bertz CT molecular complexity index is 785. The minimum absolute atomic E-state index is 0.142. The van der Waals surface area contributed by atoms with Crippen molar-refractivity contribution in [2.45, 2.75) is 19.5 Å². The van der Waals surface area contributed by atoms with Crippen molar-refractivity contribution in [1.29, 1.82) is 0 Å². The Kier molecular flexibility index (Phi) is 5.23. The largest absolute Gasteiger partial charge is 0.494 e. The molecule has 2 N–H and O–H groups in total. The van der Waals surface area contributed by atoms with Crippen molar-refractivity contribution in [3.05, 3.63) is 53.3 Å². The number of benzene rings is 2. The first kappa shape index (κ1) is 17.3. The van der Waals surface area contributed by atoms with Crippen LogP contribution in [-0.4, -0.2) is 19.0 Å². The molecule has 1 atom stereocenters. The molecule has 0 aliphatic carbocycles. The fraction of sp³-hybridized carbons (Fsp3) is 0.278. The van der Waals surface area contributed by atoms with Gasteiger partial charge in [0.25, 0.3) is 0 Å². The minimum atomic E-state index is -0.395. The van der Waals surface area contributed by atoms with Crippen LogP contribution in [0.3, 0.4) is 0 Å². The standard InChI is InChI=1S/C18H19FN2O3S/c1-11(13-4-6-15(22-2)14(19)8-13)21-18(25)20-9-12-3-5-16-17(7-12)24-10-23-16/h3-8,11H,9-10H2,1-2H3,(H2,20,21,25)/t11-/m1/s1. The maximum atomic E-state index is 13.8. The Hall–Kier alpha value is -2.54. The molecule has 0 bridgehead atoms. The maximum Gasteiger partial charge on any atom is 0.231 e. The quantitative estimate of drug-likeness (QED) is 0.796. The van der Waals surface area contributed by atoms with Crippen LogP contribution in [0.15, 0.2) is 36.4 Å². The van der Waals surface area contributed by atoms with E-state index in [1.807, 2.05) is 25.1 Å². The average Bonchev–Trinajstić information content (AvgIpc) is 3.07. The van der Waals surface area contributed by atoms with Gasteiger partial charge < -0.3 is 24.8 Å². The lowest BCUT2D eigenvalue weighted by Gasteiger charge is -2.18. The van der Waals surface area contributed by atoms with Crippen LogP contribution < -0.4 is 24.8 Å². The number of fused-ring (bicyclic) bond motifs is 1. The van der Waals surface area contributed by atoms with E-state index in [2.05, 4.69) is 10.6 Å². The summed E-state index contributed by atoms with van der Waals surface area (Å²) in [5.41, 5.74) is 1.81. The Morgan fingerprint density at radius 1 is 1.24 bits per heavy atom. The second kappa shape index (κ2) is 7.57. The maximum absolute atomic E-state index is 13.8. The summed E-state index contributed by atoms with van der Waals surface area (Å²) in [6, 6.07) is 10.4. The Morgan fingerprint density at radius 3 is 2.80 bits per heavy atom. The second-order valence-corrected chi connectivity index (χ2v) is 6.04. The van der Waals surface area contributed by atoms with E-state index in [-0.39, 0.29) is 18.6 Å². The van der Waals surface area contributed by atoms with Crippen molar-refractivity contribution < 1.29 is 18.6 Å². The molecular weight excluding hydrogens is 343 g/mol. The van der Waals surface area contributed by atoms with Gasteiger partial charge in [0.1, 0.15) is 0 Å². The Morgan fingerprint density at radius 2 is 2.04 bits per heavy atom. The number of rotatable bonds is 5. The summed E-state index contributed by atoms with van der Waals surface area (Å²) >= 11 is 5.31. The fourth-order valence-corrected chi connectivity index (χ4v) is 2.77. The summed E-state index contributed by atoms with van der Waals surface area (Å²) in [4.78, 5) is 0. The van der Waals surface area contributed by atoms with Crippen molar-refractivity contribution in [3.8, 4) is 17.2 Å². The van der Waals surface area contributed by atoms with Crippen LogP contribution in [0.1, 0.15) is 24.1 Å². The number of ether oxygens (including phenoxy) is 3. The fourth-order valence-electron chi connectivity index (χ4n) is 2.52. The third-order valence-corrected chi connectivity index (χ3v) is 4.18. The monoisotopic (exact) mass is 362 g/mol. The molecule has 0 radical (unpaired) electrons. The molecule has 1 aliphatic heterocycles. The van der Waals surface area contributed by atoms with E-state index < -0.39 is 5.82 Å². The Balaban J connectivity index is 1.54. The molecule has 1 heterocycles.